The minimum absolute atomic E-state index is 0.195. The van der Waals surface area contributed by atoms with Crippen LogP contribution in [0.25, 0.3) is 0 Å². The van der Waals surface area contributed by atoms with Gasteiger partial charge in [0.25, 0.3) is 0 Å². The number of rotatable bonds is 3. The molecular weight excluding hydrogens is 280 g/mol. The molecule has 0 spiro atoms. The second-order valence-electron chi connectivity index (χ2n) is 4.72. The third-order valence-electron chi connectivity index (χ3n) is 3.37. The smallest absolute Gasteiger partial charge is 0.141 e. The summed E-state index contributed by atoms with van der Waals surface area (Å²) in [5, 5.41) is 0. The van der Waals surface area contributed by atoms with Crippen molar-refractivity contribution in [1.29, 1.82) is 0 Å². The van der Waals surface area contributed by atoms with Gasteiger partial charge in [-0.05, 0) is 53.7 Å². The molecule has 3 nitrogen and oxygen atoms in total. The first kappa shape index (κ1) is 12.7. The predicted octanol–water partition coefficient (Wildman–Crippen LogP) is 2.47. The lowest BCUT2D eigenvalue weighted by molar-refractivity contribution is -0.123. The van der Waals surface area contributed by atoms with Gasteiger partial charge >= 0.3 is 0 Å². The van der Waals surface area contributed by atoms with Gasteiger partial charge in [-0.15, -0.1) is 0 Å². The summed E-state index contributed by atoms with van der Waals surface area (Å²) in [6.07, 6.45) is 6.02. The van der Waals surface area contributed by atoms with E-state index in [4.69, 9.17) is 5.73 Å². The van der Waals surface area contributed by atoms with E-state index in [1.807, 2.05) is 12.1 Å². The van der Waals surface area contributed by atoms with E-state index in [0.29, 0.717) is 18.2 Å². The van der Waals surface area contributed by atoms with Crippen molar-refractivity contribution in [1.82, 2.24) is 4.98 Å². The van der Waals surface area contributed by atoms with Gasteiger partial charge in [0, 0.05) is 34.7 Å². The van der Waals surface area contributed by atoms with Crippen molar-refractivity contribution in [3.05, 3.63) is 28.5 Å². The number of hydrogen-bond donors (Lipinski definition) is 1. The van der Waals surface area contributed by atoms with Crippen LogP contribution >= 0.6 is 15.9 Å². The maximum atomic E-state index is 12.1. The summed E-state index contributed by atoms with van der Waals surface area (Å²) >= 11 is 3.33. The molecule has 0 amide bonds. The van der Waals surface area contributed by atoms with Gasteiger partial charge in [-0.3, -0.25) is 9.78 Å². The lowest BCUT2D eigenvalue weighted by Crippen LogP contribution is -2.30. The standard InChI is InChI=1S/C13H17BrN2O/c14-10-3-6-12(16-8-10)7-13(17)9-1-4-11(15)5-2-9/h3,6,8-9,11H,1-2,4-5,7,15H2. The molecule has 1 fully saturated rings. The first-order valence-corrected chi connectivity index (χ1v) is 6.83. The van der Waals surface area contributed by atoms with Crippen molar-refractivity contribution >= 4 is 21.7 Å². The van der Waals surface area contributed by atoms with E-state index >= 15 is 0 Å². The average molecular weight is 297 g/mol. The Kier molecular flexibility index (Phi) is 4.29. The topological polar surface area (TPSA) is 56.0 Å². The summed E-state index contributed by atoms with van der Waals surface area (Å²) in [5.74, 6) is 0.506. The molecule has 0 radical (unpaired) electrons. The molecule has 0 atom stereocenters. The normalized spacial score (nSPS) is 24.6. The Morgan fingerprint density at radius 2 is 2.06 bits per heavy atom. The Morgan fingerprint density at radius 1 is 1.35 bits per heavy atom. The van der Waals surface area contributed by atoms with Crippen LogP contribution in [0, 0.1) is 5.92 Å². The van der Waals surface area contributed by atoms with Crippen molar-refractivity contribution < 1.29 is 4.79 Å². The Bertz CT molecular complexity index is 383. The van der Waals surface area contributed by atoms with Gasteiger partial charge in [0.1, 0.15) is 5.78 Å². The Hall–Kier alpha value is -0.740. The monoisotopic (exact) mass is 296 g/mol. The molecule has 1 aromatic heterocycles. The first-order chi connectivity index (χ1) is 8.15. The summed E-state index contributed by atoms with van der Waals surface area (Å²) in [6.45, 7) is 0. The van der Waals surface area contributed by atoms with Crippen LogP contribution in [-0.2, 0) is 11.2 Å². The van der Waals surface area contributed by atoms with Gasteiger partial charge in [-0.1, -0.05) is 0 Å². The lowest BCUT2D eigenvalue weighted by Gasteiger charge is -2.24. The Labute approximate surface area is 110 Å². The molecule has 1 aliphatic rings. The summed E-state index contributed by atoms with van der Waals surface area (Å²) in [4.78, 5) is 16.3. The van der Waals surface area contributed by atoms with E-state index < -0.39 is 0 Å². The zero-order valence-electron chi connectivity index (χ0n) is 9.73. The number of carbonyl (C=O) groups is 1. The molecular formula is C13H17BrN2O. The highest BCUT2D eigenvalue weighted by molar-refractivity contribution is 9.10. The highest BCUT2D eigenvalue weighted by Crippen LogP contribution is 2.24. The third-order valence-corrected chi connectivity index (χ3v) is 3.84. The van der Waals surface area contributed by atoms with Crippen molar-refractivity contribution in [3.63, 3.8) is 0 Å². The molecule has 1 aromatic rings. The van der Waals surface area contributed by atoms with Crippen LogP contribution < -0.4 is 5.73 Å². The van der Waals surface area contributed by atoms with Crippen LogP contribution in [-0.4, -0.2) is 16.8 Å². The molecule has 4 heteroatoms. The minimum Gasteiger partial charge on any atom is -0.328 e. The molecule has 0 saturated heterocycles. The zero-order chi connectivity index (χ0) is 12.3. The van der Waals surface area contributed by atoms with Crippen LogP contribution in [0.4, 0.5) is 0 Å². The van der Waals surface area contributed by atoms with Crippen LogP contribution in [0.2, 0.25) is 0 Å². The Balaban J connectivity index is 1.90. The number of hydrogen-bond acceptors (Lipinski definition) is 3. The second-order valence-corrected chi connectivity index (χ2v) is 5.64. The van der Waals surface area contributed by atoms with Crippen LogP contribution in [0.1, 0.15) is 31.4 Å². The number of nitrogens with two attached hydrogens (primary N) is 1. The molecule has 0 unspecified atom stereocenters. The molecule has 2 N–H and O–H groups in total. The minimum atomic E-state index is 0.195. The fourth-order valence-electron chi connectivity index (χ4n) is 2.28. The molecule has 0 aliphatic heterocycles. The third kappa shape index (κ3) is 3.61. The molecule has 17 heavy (non-hydrogen) atoms. The van der Waals surface area contributed by atoms with Crippen LogP contribution in [0.15, 0.2) is 22.8 Å². The van der Waals surface area contributed by atoms with Gasteiger partial charge in [-0.25, -0.2) is 0 Å². The van der Waals surface area contributed by atoms with E-state index in [9.17, 15) is 4.79 Å². The number of carbonyl (C=O) groups excluding carboxylic acids is 1. The summed E-state index contributed by atoms with van der Waals surface area (Å²) in [5.41, 5.74) is 6.69. The largest absolute Gasteiger partial charge is 0.328 e. The van der Waals surface area contributed by atoms with E-state index in [-0.39, 0.29) is 5.92 Å². The molecule has 0 aromatic carbocycles. The van der Waals surface area contributed by atoms with Crippen LogP contribution in [0.3, 0.4) is 0 Å². The number of pyridine rings is 1. The SMILES string of the molecule is NC1CCC(C(=O)Cc2ccc(Br)cn2)CC1. The quantitative estimate of drug-likeness (QED) is 0.932. The first-order valence-electron chi connectivity index (χ1n) is 6.04. The van der Waals surface area contributed by atoms with Gasteiger partial charge in [0.05, 0.1) is 0 Å². The average Bonchev–Trinajstić information content (AvgIpc) is 2.33. The highest BCUT2D eigenvalue weighted by atomic mass is 79.9. The van der Waals surface area contributed by atoms with Gasteiger partial charge in [0.15, 0.2) is 0 Å². The second kappa shape index (κ2) is 5.74. The zero-order valence-corrected chi connectivity index (χ0v) is 11.3. The molecule has 1 saturated carbocycles. The predicted molar refractivity (Wildman–Crippen MR) is 70.6 cm³/mol. The molecule has 1 aliphatic carbocycles. The fraction of sp³-hybridized carbons (Fsp3) is 0.538. The van der Waals surface area contributed by atoms with Gasteiger partial charge in [-0.2, -0.15) is 0 Å². The van der Waals surface area contributed by atoms with Gasteiger partial charge < -0.3 is 5.73 Å². The van der Waals surface area contributed by atoms with Crippen molar-refractivity contribution in [2.75, 3.05) is 0 Å². The van der Waals surface area contributed by atoms with Crippen molar-refractivity contribution in [2.45, 2.75) is 38.1 Å². The number of aromatic nitrogens is 1. The molecule has 92 valence electrons. The highest BCUT2D eigenvalue weighted by Gasteiger charge is 2.24. The molecule has 1 heterocycles. The van der Waals surface area contributed by atoms with E-state index in [2.05, 4.69) is 20.9 Å². The van der Waals surface area contributed by atoms with E-state index in [0.717, 1.165) is 35.8 Å². The summed E-state index contributed by atoms with van der Waals surface area (Å²) < 4.78 is 0.942. The maximum absolute atomic E-state index is 12.1. The Morgan fingerprint density at radius 3 is 2.65 bits per heavy atom. The molecule has 0 bridgehead atoms. The van der Waals surface area contributed by atoms with Crippen molar-refractivity contribution in [3.8, 4) is 0 Å². The van der Waals surface area contributed by atoms with E-state index in [1.54, 1.807) is 6.20 Å². The van der Waals surface area contributed by atoms with Crippen LogP contribution in [0.5, 0.6) is 0 Å². The number of Topliss-reactive ketones (excluding diaryl/α,β-unsaturated/α-hetero) is 1. The number of halogens is 1. The number of nitrogens with zero attached hydrogens (tertiary/aromatic N) is 1. The number of ketones is 1. The van der Waals surface area contributed by atoms with Crippen molar-refractivity contribution in [2.24, 2.45) is 11.7 Å². The molecule has 2 rings (SSSR count). The maximum Gasteiger partial charge on any atom is 0.141 e. The van der Waals surface area contributed by atoms with Gasteiger partial charge in [0.2, 0.25) is 0 Å². The summed E-state index contributed by atoms with van der Waals surface area (Å²) in [6, 6.07) is 4.12. The summed E-state index contributed by atoms with van der Waals surface area (Å²) in [7, 11) is 0. The van der Waals surface area contributed by atoms with E-state index in [1.165, 1.54) is 0 Å². The fourth-order valence-corrected chi connectivity index (χ4v) is 2.51. The lowest BCUT2D eigenvalue weighted by atomic mass is 9.82.